The van der Waals surface area contributed by atoms with Crippen molar-refractivity contribution in [1.29, 1.82) is 0 Å². The molecule has 0 aromatic heterocycles. The molecule has 0 saturated heterocycles. The first kappa shape index (κ1) is 14.2. The van der Waals surface area contributed by atoms with Crippen LogP contribution in [0.2, 0.25) is 5.02 Å². The van der Waals surface area contributed by atoms with E-state index >= 15 is 0 Å². The summed E-state index contributed by atoms with van der Waals surface area (Å²) in [5.74, 6) is 1.26. The van der Waals surface area contributed by atoms with Crippen LogP contribution in [0.25, 0.3) is 11.1 Å². The molecular formula is C17H18ClNO2. The van der Waals surface area contributed by atoms with Crippen LogP contribution in [0.15, 0.2) is 30.3 Å². The zero-order chi connectivity index (χ0) is 15.0. The Balaban J connectivity index is 2.21. The second kappa shape index (κ2) is 5.58. The Morgan fingerprint density at radius 3 is 2.62 bits per heavy atom. The predicted molar refractivity (Wildman–Crippen MR) is 85.2 cm³/mol. The van der Waals surface area contributed by atoms with Crippen molar-refractivity contribution in [2.45, 2.75) is 18.9 Å². The van der Waals surface area contributed by atoms with Gasteiger partial charge in [-0.05, 0) is 41.7 Å². The number of benzene rings is 2. The van der Waals surface area contributed by atoms with Gasteiger partial charge in [0.15, 0.2) is 0 Å². The van der Waals surface area contributed by atoms with E-state index in [4.69, 9.17) is 26.8 Å². The minimum Gasteiger partial charge on any atom is -0.495 e. The van der Waals surface area contributed by atoms with Crippen molar-refractivity contribution in [3.8, 4) is 22.6 Å². The van der Waals surface area contributed by atoms with Gasteiger partial charge in [-0.3, -0.25) is 0 Å². The van der Waals surface area contributed by atoms with E-state index in [0.717, 1.165) is 24.0 Å². The van der Waals surface area contributed by atoms with Crippen molar-refractivity contribution >= 4 is 11.6 Å². The van der Waals surface area contributed by atoms with Crippen molar-refractivity contribution in [2.75, 3.05) is 14.2 Å². The Hall–Kier alpha value is -1.71. The van der Waals surface area contributed by atoms with Gasteiger partial charge in [-0.15, -0.1) is 0 Å². The second-order valence-electron chi connectivity index (χ2n) is 5.18. The number of ether oxygens (including phenoxy) is 2. The number of halogens is 1. The van der Waals surface area contributed by atoms with Crippen molar-refractivity contribution in [3.05, 3.63) is 46.5 Å². The Labute approximate surface area is 129 Å². The van der Waals surface area contributed by atoms with Gasteiger partial charge in [-0.25, -0.2) is 0 Å². The molecule has 3 nitrogen and oxygen atoms in total. The quantitative estimate of drug-likeness (QED) is 0.933. The fraction of sp³-hybridized carbons (Fsp3) is 0.294. The van der Waals surface area contributed by atoms with Crippen LogP contribution in [-0.2, 0) is 6.42 Å². The maximum absolute atomic E-state index is 6.37. The van der Waals surface area contributed by atoms with Crippen LogP contribution in [0.4, 0.5) is 0 Å². The summed E-state index contributed by atoms with van der Waals surface area (Å²) in [7, 11) is 3.22. The first-order valence-electron chi connectivity index (χ1n) is 6.95. The topological polar surface area (TPSA) is 44.5 Å². The van der Waals surface area contributed by atoms with Gasteiger partial charge in [0, 0.05) is 11.6 Å². The Morgan fingerprint density at radius 2 is 1.90 bits per heavy atom. The predicted octanol–water partition coefficient (Wildman–Crippen LogP) is 3.97. The van der Waals surface area contributed by atoms with Gasteiger partial charge in [-0.1, -0.05) is 29.8 Å². The van der Waals surface area contributed by atoms with Crippen molar-refractivity contribution < 1.29 is 9.47 Å². The van der Waals surface area contributed by atoms with Crippen LogP contribution in [0.1, 0.15) is 23.6 Å². The lowest BCUT2D eigenvalue weighted by molar-refractivity contribution is 0.396. The van der Waals surface area contributed by atoms with Crippen LogP contribution >= 0.6 is 11.6 Å². The first-order chi connectivity index (χ1) is 10.2. The molecule has 1 unspecified atom stereocenters. The zero-order valence-electron chi connectivity index (χ0n) is 12.2. The van der Waals surface area contributed by atoms with E-state index in [-0.39, 0.29) is 6.04 Å². The summed E-state index contributed by atoms with van der Waals surface area (Å²) in [6.45, 7) is 0. The fourth-order valence-electron chi connectivity index (χ4n) is 3.05. The van der Waals surface area contributed by atoms with Crippen LogP contribution in [0.5, 0.6) is 11.5 Å². The van der Waals surface area contributed by atoms with Gasteiger partial charge in [-0.2, -0.15) is 0 Å². The van der Waals surface area contributed by atoms with Gasteiger partial charge in [0.2, 0.25) is 0 Å². The smallest absolute Gasteiger partial charge is 0.149 e. The monoisotopic (exact) mass is 303 g/mol. The summed E-state index contributed by atoms with van der Waals surface area (Å²) in [6, 6.07) is 10.2. The third kappa shape index (κ3) is 2.27. The molecule has 0 heterocycles. The number of rotatable bonds is 3. The molecule has 2 aromatic rings. The summed E-state index contributed by atoms with van der Waals surface area (Å²) in [5.41, 5.74) is 10.8. The summed E-state index contributed by atoms with van der Waals surface area (Å²) in [6.07, 6.45) is 1.97. The Morgan fingerprint density at radius 1 is 1.10 bits per heavy atom. The lowest BCUT2D eigenvalue weighted by Crippen LogP contribution is -2.05. The molecule has 3 rings (SSSR count). The lowest BCUT2D eigenvalue weighted by atomic mass is 9.95. The average molecular weight is 304 g/mol. The normalized spacial score (nSPS) is 16.7. The minimum atomic E-state index is 0.125. The first-order valence-corrected chi connectivity index (χ1v) is 7.33. The zero-order valence-corrected chi connectivity index (χ0v) is 12.9. The molecule has 110 valence electrons. The highest BCUT2D eigenvalue weighted by Gasteiger charge is 2.24. The molecule has 1 atom stereocenters. The maximum atomic E-state index is 6.37. The van der Waals surface area contributed by atoms with Gasteiger partial charge in [0.1, 0.15) is 16.5 Å². The number of hydrogen-bond donors (Lipinski definition) is 1. The molecular weight excluding hydrogens is 286 g/mol. The van der Waals surface area contributed by atoms with E-state index < -0.39 is 0 Å². The molecule has 1 aliphatic rings. The largest absolute Gasteiger partial charge is 0.495 e. The number of hydrogen-bond acceptors (Lipinski definition) is 3. The van der Waals surface area contributed by atoms with E-state index in [1.54, 1.807) is 14.2 Å². The third-order valence-electron chi connectivity index (χ3n) is 4.09. The number of methoxy groups -OCH3 is 2. The fourth-order valence-corrected chi connectivity index (χ4v) is 3.37. The SMILES string of the molecule is COc1ccc(-c2cccc3c2CCC3N)c(OC)c1Cl. The second-order valence-corrected chi connectivity index (χ2v) is 5.56. The van der Waals surface area contributed by atoms with Crippen molar-refractivity contribution in [3.63, 3.8) is 0 Å². The van der Waals surface area contributed by atoms with E-state index in [1.807, 2.05) is 18.2 Å². The van der Waals surface area contributed by atoms with Crippen molar-refractivity contribution in [2.24, 2.45) is 5.73 Å². The molecule has 0 bridgehead atoms. The molecule has 0 aliphatic heterocycles. The van der Waals surface area contributed by atoms with Gasteiger partial charge >= 0.3 is 0 Å². The average Bonchev–Trinajstić information content (AvgIpc) is 2.88. The van der Waals surface area contributed by atoms with Gasteiger partial charge in [0.25, 0.3) is 0 Å². The molecule has 0 amide bonds. The number of fused-ring (bicyclic) bond motifs is 1. The summed E-state index contributed by atoms with van der Waals surface area (Å²) >= 11 is 6.37. The Bertz CT molecular complexity index is 685. The number of nitrogens with two attached hydrogens (primary N) is 1. The van der Waals surface area contributed by atoms with Crippen LogP contribution in [-0.4, -0.2) is 14.2 Å². The summed E-state index contributed by atoms with van der Waals surface area (Å²) < 4.78 is 10.8. The highest BCUT2D eigenvalue weighted by atomic mass is 35.5. The van der Waals surface area contributed by atoms with Crippen LogP contribution < -0.4 is 15.2 Å². The van der Waals surface area contributed by atoms with Gasteiger partial charge < -0.3 is 15.2 Å². The van der Waals surface area contributed by atoms with E-state index in [1.165, 1.54) is 11.1 Å². The molecule has 0 saturated carbocycles. The standard InChI is InChI=1S/C17H18ClNO2/c1-20-15-9-7-13(17(21-2)16(15)18)10-4-3-5-12-11(10)6-8-14(12)19/h3-5,7,9,14H,6,8,19H2,1-2H3. The summed E-state index contributed by atoms with van der Waals surface area (Å²) in [4.78, 5) is 0. The molecule has 2 N–H and O–H groups in total. The highest BCUT2D eigenvalue weighted by molar-refractivity contribution is 6.34. The molecule has 1 aliphatic carbocycles. The van der Waals surface area contributed by atoms with Gasteiger partial charge in [0.05, 0.1) is 14.2 Å². The third-order valence-corrected chi connectivity index (χ3v) is 4.45. The highest BCUT2D eigenvalue weighted by Crippen LogP contribution is 2.45. The minimum absolute atomic E-state index is 0.125. The summed E-state index contributed by atoms with van der Waals surface area (Å²) in [5, 5.41) is 0.498. The molecule has 0 fully saturated rings. The van der Waals surface area contributed by atoms with Crippen LogP contribution in [0, 0.1) is 0 Å². The van der Waals surface area contributed by atoms with E-state index in [9.17, 15) is 0 Å². The lowest BCUT2D eigenvalue weighted by Gasteiger charge is -2.16. The molecule has 21 heavy (non-hydrogen) atoms. The van der Waals surface area contributed by atoms with E-state index in [2.05, 4.69) is 12.1 Å². The molecule has 0 spiro atoms. The van der Waals surface area contributed by atoms with Crippen molar-refractivity contribution in [1.82, 2.24) is 0 Å². The van der Waals surface area contributed by atoms with E-state index in [0.29, 0.717) is 16.5 Å². The Kier molecular flexibility index (Phi) is 3.79. The molecule has 4 heteroatoms. The van der Waals surface area contributed by atoms with Crippen LogP contribution in [0.3, 0.4) is 0 Å². The maximum Gasteiger partial charge on any atom is 0.149 e. The molecule has 0 radical (unpaired) electrons. The molecule has 2 aromatic carbocycles.